The molecule has 0 atom stereocenters. The quantitative estimate of drug-likeness (QED) is 0.836. The van der Waals surface area contributed by atoms with Gasteiger partial charge in [-0.15, -0.1) is 5.10 Å². The molecule has 8 heteroatoms. The molecule has 0 saturated carbocycles. The van der Waals surface area contributed by atoms with Crippen molar-refractivity contribution in [2.45, 2.75) is 6.92 Å². The lowest BCUT2D eigenvalue weighted by Crippen LogP contribution is -2.14. The minimum Gasteiger partial charge on any atom is -0.318 e. The maximum absolute atomic E-state index is 11.8. The molecule has 0 fully saturated rings. The molecule has 2 N–H and O–H groups in total. The number of aromatic nitrogens is 3. The third kappa shape index (κ3) is 2.75. The van der Waals surface area contributed by atoms with E-state index in [-0.39, 0.29) is 10.8 Å². The van der Waals surface area contributed by atoms with E-state index in [1.165, 1.54) is 12.1 Å². The number of aryl methyl sites for hydroxylation is 1. The lowest BCUT2D eigenvalue weighted by atomic mass is 10.3. The molecule has 1 aromatic carbocycles. The Morgan fingerprint density at radius 1 is 1.22 bits per heavy atom. The number of nitrogens with zero attached hydrogens (tertiary/aromatic N) is 2. The summed E-state index contributed by atoms with van der Waals surface area (Å²) in [6, 6.07) is 2.91. The number of aromatic amines is 1. The fraction of sp³-hybridized carbons (Fsp3) is 0.100. The molecule has 0 spiro atoms. The van der Waals surface area contributed by atoms with Crippen LogP contribution < -0.4 is 5.32 Å². The van der Waals surface area contributed by atoms with E-state index in [2.05, 4.69) is 20.5 Å². The zero-order valence-electron chi connectivity index (χ0n) is 9.09. The van der Waals surface area contributed by atoms with E-state index in [4.69, 9.17) is 34.8 Å². The van der Waals surface area contributed by atoms with Crippen LogP contribution in [0.15, 0.2) is 12.1 Å². The van der Waals surface area contributed by atoms with Crippen molar-refractivity contribution in [2.75, 3.05) is 5.32 Å². The summed E-state index contributed by atoms with van der Waals surface area (Å²) in [5, 5.41) is 9.74. The van der Waals surface area contributed by atoms with Gasteiger partial charge in [-0.1, -0.05) is 34.8 Å². The van der Waals surface area contributed by atoms with E-state index in [0.717, 1.165) is 0 Å². The van der Waals surface area contributed by atoms with Crippen LogP contribution in [-0.2, 0) is 0 Å². The highest BCUT2D eigenvalue weighted by molar-refractivity contribution is 6.44. The number of nitrogens with one attached hydrogen (secondary N) is 2. The highest BCUT2D eigenvalue weighted by Gasteiger charge is 2.14. The Kier molecular flexibility index (Phi) is 3.75. The van der Waals surface area contributed by atoms with Crippen LogP contribution in [0.2, 0.25) is 15.1 Å². The van der Waals surface area contributed by atoms with Gasteiger partial charge in [-0.25, -0.2) is 4.98 Å². The van der Waals surface area contributed by atoms with Crippen LogP contribution in [0.4, 0.5) is 5.69 Å². The first-order chi connectivity index (χ1) is 8.47. The van der Waals surface area contributed by atoms with Crippen molar-refractivity contribution in [1.82, 2.24) is 15.2 Å². The average Bonchev–Trinajstić information content (AvgIpc) is 2.73. The van der Waals surface area contributed by atoms with Crippen LogP contribution in [0.25, 0.3) is 0 Å². The van der Waals surface area contributed by atoms with Gasteiger partial charge in [0.15, 0.2) is 0 Å². The van der Waals surface area contributed by atoms with Crippen LogP contribution in [0.1, 0.15) is 16.4 Å². The molecule has 18 heavy (non-hydrogen) atoms. The lowest BCUT2D eigenvalue weighted by molar-refractivity contribution is 0.101. The minimum atomic E-state index is -0.486. The molecule has 1 amide bonds. The summed E-state index contributed by atoms with van der Waals surface area (Å²) < 4.78 is 0. The summed E-state index contributed by atoms with van der Waals surface area (Å²) in [5.74, 6) is 0.0784. The topological polar surface area (TPSA) is 70.7 Å². The number of carbonyl (C=O) groups excluding carboxylic acids is 1. The van der Waals surface area contributed by atoms with Crippen molar-refractivity contribution in [3.8, 4) is 0 Å². The van der Waals surface area contributed by atoms with Gasteiger partial charge < -0.3 is 5.32 Å². The third-order valence-corrected chi connectivity index (χ3v) is 3.09. The Morgan fingerprint density at radius 2 is 1.89 bits per heavy atom. The van der Waals surface area contributed by atoms with Crippen LogP contribution in [0, 0.1) is 6.92 Å². The molecule has 1 aromatic heterocycles. The van der Waals surface area contributed by atoms with E-state index in [1.807, 2.05) is 0 Å². The highest BCUT2D eigenvalue weighted by Crippen LogP contribution is 2.32. The molecule has 0 radical (unpaired) electrons. The maximum Gasteiger partial charge on any atom is 0.295 e. The van der Waals surface area contributed by atoms with Gasteiger partial charge in [0.25, 0.3) is 5.91 Å². The van der Waals surface area contributed by atoms with Gasteiger partial charge in [0.2, 0.25) is 5.82 Å². The number of amides is 1. The predicted octanol–water partition coefficient (Wildman–Crippen LogP) is 3.33. The minimum absolute atomic E-state index is 0.0228. The summed E-state index contributed by atoms with van der Waals surface area (Å²) in [5.41, 5.74) is 0.346. The second-order valence-electron chi connectivity index (χ2n) is 3.44. The third-order valence-electron chi connectivity index (χ3n) is 2.06. The van der Waals surface area contributed by atoms with Crippen molar-refractivity contribution in [2.24, 2.45) is 0 Å². The maximum atomic E-state index is 11.8. The normalized spacial score (nSPS) is 10.4. The van der Waals surface area contributed by atoms with Crippen molar-refractivity contribution in [3.05, 3.63) is 38.8 Å². The van der Waals surface area contributed by atoms with Crippen molar-refractivity contribution in [3.63, 3.8) is 0 Å². The van der Waals surface area contributed by atoms with Crippen molar-refractivity contribution in [1.29, 1.82) is 0 Å². The van der Waals surface area contributed by atoms with E-state index >= 15 is 0 Å². The monoisotopic (exact) mass is 304 g/mol. The first kappa shape index (κ1) is 13.1. The van der Waals surface area contributed by atoms with E-state index in [9.17, 15) is 4.79 Å². The van der Waals surface area contributed by atoms with E-state index in [1.54, 1.807) is 6.92 Å². The first-order valence-electron chi connectivity index (χ1n) is 4.82. The lowest BCUT2D eigenvalue weighted by Gasteiger charge is -2.06. The van der Waals surface area contributed by atoms with Crippen LogP contribution >= 0.6 is 34.8 Å². The second-order valence-corrected chi connectivity index (χ2v) is 4.67. The molecule has 0 aliphatic rings. The molecule has 2 aromatic rings. The molecule has 5 nitrogen and oxygen atoms in total. The number of benzene rings is 1. The Hall–Kier alpha value is -1.30. The SMILES string of the molecule is Cc1nc(C(=O)Nc2cc(Cl)c(Cl)cc2Cl)n[nH]1. The standard InChI is InChI=1S/C10H7Cl3N4O/c1-4-14-9(17-16-4)10(18)15-8-3-6(12)5(11)2-7(8)13/h2-3H,1H3,(H,15,18)(H,14,16,17). The van der Waals surface area contributed by atoms with E-state index in [0.29, 0.717) is 21.6 Å². The number of H-pyrrole nitrogens is 1. The molecule has 94 valence electrons. The van der Waals surface area contributed by atoms with Gasteiger partial charge in [0.05, 0.1) is 20.8 Å². The Bertz CT molecular complexity index is 611. The molecule has 0 unspecified atom stereocenters. The molecular weight excluding hydrogens is 298 g/mol. The highest BCUT2D eigenvalue weighted by atomic mass is 35.5. The van der Waals surface area contributed by atoms with Crippen LogP contribution in [-0.4, -0.2) is 21.1 Å². The summed E-state index contributed by atoms with van der Waals surface area (Å²) >= 11 is 17.6. The number of anilines is 1. The summed E-state index contributed by atoms with van der Waals surface area (Å²) in [6.45, 7) is 1.69. The fourth-order valence-corrected chi connectivity index (χ4v) is 1.83. The van der Waals surface area contributed by atoms with Gasteiger partial charge in [-0.2, -0.15) is 0 Å². The fourth-order valence-electron chi connectivity index (χ4n) is 1.24. The van der Waals surface area contributed by atoms with Crippen LogP contribution in [0.3, 0.4) is 0 Å². The largest absolute Gasteiger partial charge is 0.318 e. The number of carbonyl (C=O) groups is 1. The molecule has 2 rings (SSSR count). The zero-order chi connectivity index (χ0) is 13.3. The molecule has 0 aliphatic heterocycles. The molecule has 1 heterocycles. The van der Waals surface area contributed by atoms with Crippen LogP contribution in [0.5, 0.6) is 0 Å². The van der Waals surface area contributed by atoms with Gasteiger partial charge >= 0.3 is 0 Å². The Balaban J connectivity index is 2.24. The summed E-state index contributed by atoms with van der Waals surface area (Å²) in [4.78, 5) is 15.7. The molecular formula is C10H7Cl3N4O. The Labute approximate surface area is 117 Å². The van der Waals surface area contributed by atoms with E-state index < -0.39 is 5.91 Å². The molecule has 0 saturated heterocycles. The number of halogens is 3. The summed E-state index contributed by atoms with van der Waals surface area (Å²) in [6.07, 6.45) is 0. The molecule has 0 bridgehead atoms. The van der Waals surface area contributed by atoms with Gasteiger partial charge in [0, 0.05) is 0 Å². The average molecular weight is 306 g/mol. The Morgan fingerprint density at radius 3 is 2.50 bits per heavy atom. The smallest absolute Gasteiger partial charge is 0.295 e. The second kappa shape index (κ2) is 5.14. The zero-order valence-corrected chi connectivity index (χ0v) is 11.4. The van der Waals surface area contributed by atoms with Gasteiger partial charge in [-0.05, 0) is 19.1 Å². The van der Waals surface area contributed by atoms with Crippen molar-refractivity contribution < 1.29 is 4.79 Å². The van der Waals surface area contributed by atoms with Gasteiger partial charge in [-0.3, -0.25) is 9.89 Å². The first-order valence-corrected chi connectivity index (χ1v) is 5.95. The summed E-state index contributed by atoms with van der Waals surface area (Å²) in [7, 11) is 0. The number of hydrogen-bond acceptors (Lipinski definition) is 3. The van der Waals surface area contributed by atoms with Gasteiger partial charge in [0.1, 0.15) is 5.82 Å². The number of rotatable bonds is 2. The predicted molar refractivity (Wildman–Crippen MR) is 70.5 cm³/mol. The van der Waals surface area contributed by atoms with Crippen molar-refractivity contribution >= 4 is 46.4 Å². The number of hydrogen-bond donors (Lipinski definition) is 2. The molecule has 0 aliphatic carbocycles.